The van der Waals surface area contributed by atoms with Crippen LogP contribution < -0.4 is 5.32 Å². The topological polar surface area (TPSA) is 107 Å². The molecule has 2 fully saturated rings. The van der Waals surface area contributed by atoms with E-state index in [1.807, 2.05) is 20.8 Å². The highest BCUT2D eigenvalue weighted by molar-refractivity contribution is 7.15. The second kappa shape index (κ2) is 10.1. The second-order valence-corrected chi connectivity index (χ2v) is 11.2. The van der Waals surface area contributed by atoms with Gasteiger partial charge in [0.25, 0.3) is 0 Å². The maximum Gasteiger partial charge on any atom is 0.410 e. The molecule has 11 heteroatoms. The quantitative estimate of drug-likeness (QED) is 0.649. The van der Waals surface area contributed by atoms with Crippen molar-refractivity contribution in [3.8, 4) is 10.6 Å². The molecule has 0 aliphatic carbocycles. The van der Waals surface area contributed by atoms with E-state index in [1.54, 1.807) is 22.4 Å². The number of halogens is 1. The summed E-state index contributed by atoms with van der Waals surface area (Å²) in [6, 6.07) is -0.365. The standard InChI is InChI=1S/C23H30ClN5O4S/c1-13-11-29(22(31)33-23(2,3)4)7-5-14(13)20-25-10-18(34-20)19-15(24)9-26-21(28-19)27-16-6-8-32-12-17(16)30/h9-10,13-14,16H,5-8,11-12H2,1-4H3,(H,26,27,28)/t13?,14?,16-/m1/s1. The van der Waals surface area contributed by atoms with Crippen LogP contribution in [0.5, 0.6) is 0 Å². The molecule has 184 valence electrons. The molecule has 2 aromatic heterocycles. The van der Waals surface area contributed by atoms with Crippen LogP contribution in [0.1, 0.15) is 51.5 Å². The minimum Gasteiger partial charge on any atom is -0.444 e. The van der Waals surface area contributed by atoms with Gasteiger partial charge in [0.1, 0.15) is 17.9 Å². The molecule has 3 atom stereocenters. The second-order valence-electron chi connectivity index (χ2n) is 9.76. The third-order valence-electron chi connectivity index (χ3n) is 5.86. The van der Waals surface area contributed by atoms with E-state index in [2.05, 4.69) is 27.2 Å². The van der Waals surface area contributed by atoms with Crippen molar-refractivity contribution < 1.29 is 19.1 Å². The fraction of sp³-hybridized carbons (Fsp3) is 0.609. The first kappa shape index (κ1) is 24.8. The number of piperidine rings is 1. The van der Waals surface area contributed by atoms with Crippen LogP contribution in [0.2, 0.25) is 5.02 Å². The molecule has 0 bridgehead atoms. The summed E-state index contributed by atoms with van der Waals surface area (Å²) in [6.07, 6.45) is 4.43. The number of ether oxygens (including phenoxy) is 2. The van der Waals surface area contributed by atoms with Crippen molar-refractivity contribution in [3.05, 3.63) is 22.4 Å². The summed E-state index contributed by atoms with van der Waals surface area (Å²) in [5.74, 6) is 0.806. The summed E-state index contributed by atoms with van der Waals surface area (Å²) in [5, 5.41) is 4.52. The molecule has 4 heterocycles. The van der Waals surface area contributed by atoms with Crippen molar-refractivity contribution in [2.45, 2.75) is 58.1 Å². The smallest absolute Gasteiger partial charge is 0.410 e. The van der Waals surface area contributed by atoms with Gasteiger partial charge in [-0.05, 0) is 39.5 Å². The number of ketones is 1. The number of nitrogens with zero attached hydrogens (tertiary/aromatic N) is 4. The Kier molecular flexibility index (Phi) is 7.39. The van der Waals surface area contributed by atoms with Gasteiger partial charge < -0.3 is 19.7 Å². The highest BCUT2D eigenvalue weighted by Crippen LogP contribution is 2.39. The minimum absolute atomic E-state index is 0.0156. The zero-order valence-corrected chi connectivity index (χ0v) is 21.4. The molecule has 1 amide bonds. The number of amides is 1. The van der Waals surface area contributed by atoms with Crippen molar-refractivity contribution in [1.82, 2.24) is 19.9 Å². The molecule has 34 heavy (non-hydrogen) atoms. The monoisotopic (exact) mass is 507 g/mol. The zero-order chi connectivity index (χ0) is 24.5. The summed E-state index contributed by atoms with van der Waals surface area (Å²) in [6.45, 7) is 9.62. The third-order valence-corrected chi connectivity index (χ3v) is 7.27. The van der Waals surface area contributed by atoms with Crippen LogP contribution in [-0.2, 0) is 14.3 Å². The first-order valence-corrected chi connectivity index (χ1v) is 12.6. The van der Waals surface area contributed by atoms with Crippen LogP contribution in [0.15, 0.2) is 12.4 Å². The Labute approximate surface area is 208 Å². The lowest BCUT2D eigenvalue weighted by molar-refractivity contribution is -0.128. The summed E-state index contributed by atoms with van der Waals surface area (Å²) in [7, 11) is 0. The van der Waals surface area contributed by atoms with E-state index in [9.17, 15) is 9.59 Å². The number of thiazole rings is 1. The summed E-state index contributed by atoms with van der Waals surface area (Å²) in [5.41, 5.74) is 0.0745. The average Bonchev–Trinajstić information content (AvgIpc) is 3.25. The molecule has 2 aromatic rings. The number of Topliss-reactive ketones (excluding diaryl/α,β-unsaturated/α-hetero) is 1. The number of hydrogen-bond acceptors (Lipinski definition) is 9. The molecule has 4 rings (SSSR count). The first-order valence-electron chi connectivity index (χ1n) is 11.4. The number of likely N-dealkylation sites (tertiary alicyclic amines) is 1. The molecule has 1 N–H and O–H groups in total. The van der Waals surface area contributed by atoms with E-state index >= 15 is 0 Å². The molecular formula is C23H30ClN5O4S. The van der Waals surface area contributed by atoms with Crippen LogP contribution in [0, 0.1) is 5.92 Å². The largest absolute Gasteiger partial charge is 0.444 e. The van der Waals surface area contributed by atoms with Crippen molar-refractivity contribution in [3.63, 3.8) is 0 Å². The van der Waals surface area contributed by atoms with E-state index in [1.165, 1.54) is 6.20 Å². The van der Waals surface area contributed by atoms with Gasteiger partial charge in [-0.25, -0.2) is 19.7 Å². The van der Waals surface area contributed by atoms with E-state index in [4.69, 9.17) is 21.1 Å². The molecule has 2 unspecified atom stereocenters. The molecule has 0 spiro atoms. The summed E-state index contributed by atoms with van der Waals surface area (Å²) in [4.78, 5) is 40.6. The lowest BCUT2D eigenvalue weighted by Gasteiger charge is -2.36. The van der Waals surface area contributed by atoms with Gasteiger partial charge in [-0.15, -0.1) is 11.3 Å². The third kappa shape index (κ3) is 5.84. The van der Waals surface area contributed by atoms with Crippen molar-refractivity contribution in [2.75, 3.05) is 31.6 Å². The van der Waals surface area contributed by atoms with E-state index in [0.717, 1.165) is 16.3 Å². The van der Waals surface area contributed by atoms with Gasteiger partial charge in [0, 0.05) is 31.8 Å². The van der Waals surface area contributed by atoms with Crippen molar-refractivity contribution in [2.24, 2.45) is 5.92 Å². The number of anilines is 1. The molecule has 0 saturated carbocycles. The number of carbonyl (C=O) groups is 2. The Bertz CT molecular complexity index is 1060. The Morgan fingerprint density at radius 2 is 2.09 bits per heavy atom. The van der Waals surface area contributed by atoms with Crippen molar-refractivity contribution in [1.29, 1.82) is 0 Å². The molecule has 0 radical (unpaired) electrons. The van der Waals surface area contributed by atoms with Crippen molar-refractivity contribution >= 4 is 40.8 Å². The van der Waals surface area contributed by atoms with E-state index in [0.29, 0.717) is 42.8 Å². The summed E-state index contributed by atoms with van der Waals surface area (Å²) < 4.78 is 10.7. The molecule has 0 aromatic carbocycles. The maximum absolute atomic E-state index is 12.5. The molecular weight excluding hydrogens is 478 g/mol. The van der Waals surface area contributed by atoms with Crippen LogP contribution in [0.3, 0.4) is 0 Å². The zero-order valence-electron chi connectivity index (χ0n) is 19.8. The van der Waals surface area contributed by atoms with Crippen LogP contribution in [0.25, 0.3) is 10.6 Å². The first-order chi connectivity index (χ1) is 16.1. The highest BCUT2D eigenvalue weighted by atomic mass is 35.5. The van der Waals surface area contributed by atoms with Gasteiger partial charge in [0.15, 0.2) is 5.78 Å². The van der Waals surface area contributed by atoms with Crippen LogP contribution in [-0.4, -0.2) is 69.7 Å². The lowest BCUT2D eigenvalue weighted by Crippen LogP contribution is -2.44. The predicted octanol–water partition coefficient (Wildman–Crippen LogP) is 4.38. The predicted molar refractivity (Wildman–Crippen MR) is 130 cm³/mol. The average molecular weight is 508 g/mol. The SMILES string of the molecule is CC1CN(C(=O)OC(C)(C)C)CCC1c1ncc(-c2nc(N[C@@H]3CCOCC3=O)ncc2Cl)s1. The number of rotatable bonds is 4. The Morgan fingerprint density at radius 1 is 1.29 bits per heavy atom. The highest BCUT2D eigenvalue weighted by Gasteiger charge is 2.33. The van der Waals surface area contributed by atoms with E-state index < -0.39 is 5.60 Å². The van der Waals surface area contributed by atoms with Gasteiger partial charge in [0.05, 0.1) is 27.1 Å². The number of carbonyl (C=O) groups excluding carboxylic acids is 2. The van der Waals surface area contributed by atoms with Crippen LogP contribution >= 0.6 is 22.9 Å². The maximum atomic E-state index is 12.5. The number of aromatic nitrogens is 3. The summed E-state index contributed by atoms with van der Waals surface area (Å²) >= 11 is 7.96. The van der Waals surface area contributed by atoms with Gasteiger partial charge in [-0.2, -0.15) is 0 Å². The van der Waals surface area contributed by atoms with Crippen LogP contribution in [0.4, 0.5) is 10.7 Å². The Balaban J connectivity index is 1.45. The minimum atomic E-state index is -0.510. The molecule has 2 aliphatic rings. The molecule has 2 saturated heterocycles. The number of hydrogen-bond donors (Lipinski definition) is 1. The van der Waals surface area contributed by atoms with Gasteiger partial charge >= 0.3 is 6.09 Å². The molecule has 2 aliphatic heterocycles. The van der Waals surface area contributed by atoms with Gasteiger partial charge in [-0.3, -0.25) is 4.79 Å². The lowest BCUT2D eigenvalue weighted by atomic mass is 9.87. The number of nitrogens with one attached hydrogen (secondary N) is 1. The van der Waals surface area contributed by atoms with Gasteiger partial charge in [-0.1, -0.05) is 18.5 Å². The van der Waals surface area contributed by atoms with E-state index in [-0.39, 0.29) is 36.4 Å². The molecule has 9 nitrogen and oxygen atoms in total. The Hall–Kier alpha value is -2.30. The Morgan fingerprint density at radius 3 is 2.79 bits per heavy atom. The fourth-order valence-electron chi connectivity index (χ4n) is 4.13. The normalized spacial score (nSPS) is 23.6. The van der Waals surface area contributed by atoms with Gasteiger partial charge in [0.2, 0.25) is 5.95 Å². The fourth-order valence-corrected chi connectivity index (χ4v) is 5.57.